The van der Waals surface area contributed by atoms with Crippen LogP contribution in [-0.2, 0) is 26.1 Å². The first-order valence-electron chi connectivity index (χ1n) is 8.85. The van der Waals surface area contributed by atoms with Gasteiger partial charge in [-0.2, -0.15) is 5.26 Å². The van der Waals surface area contributed by atoms with Crippen molar-refractivity contribution >= 4 is 16.0 Å². The third kappa shape index (κ3) is 5.16. The minimum atomic E-state index is -3.66. The molecular weight excluding hydrogens is 380 g/mol. The lowest BCUT2D eigenvalue weighted by Gasteiger charge is -2.11. The predicted molar refractivity (Wildman–Crippen MR) is 101 cm³/mol. The van der Waals surface area contributed by atoms with Crippen LogP contribution >= 0.6 is 0 Å². The van der Waals surface area contributed by atoms with Crippen molar-refractivity contribution in [3.63, 3.8) is 0 Å². The van der Waals surface area contributed by atoms with Gasteiger partial charge in [0, 0.05) is 13.2 Å². The molecule has 1 aliphatic rings. The van der Waals surface area contributed by atoms with Gasteiger partial charge in [0.25, 0.3) is 0 Å². The number of sulfonamides is 1. The molecule has 2 aromatic carbocycles. The monoisotopic (exact) mass is 400 g/mol. The average Bonchev–Trinajstić information content (AvgIpc) is 3.25. The Kier molecular flexibility index (Phi) is 6.41. The van der Waals surface area contributed by atoms with Crippen LogP contribution in [0.5, 0.6) is 0 Å². The van der Waals surface area contributed by atoms with E-state index in [1.54, 1.807) is 24.3 Å². The Morgan fingerprint density at radius 2 is 1.89 bits per heavy atom. The molecule has 7 nitrogen and oxygen atoms in total. The fourth-order valence-corrected chi connectivity index (χ4v) is 3.84. The SMILES string of the molecule is N#Cc1ccc(COC(=O)c2ccc(S(=O)(=O)NCC3CCCO3)cc2)cc1. The molecule has 2 aromatic rings. The summed E-state index contributed by atoms with van der Waals surface area (Å²) in [6.07, 6.45) is 1.68. The molecular formula is C20H20N2O5S. The first-order valence-corrected chi connectivity index (χ1v) is 10.3. The van der Waals surface area contributed by atoms with Gasteiger partial charge in [-0.25, -0.2) is 17.9 Å². The van der Waals surface area contributed by atoms with Crippen LogP contribution in [0, 0.1) is 11.3 Å². The number of benzene rings is 2. The van der Waals surface area contributed by atoms with E-state index < -0.39 is 16.0 Å². The van der Waals surface area contributed by atoms with Crippen molar-refractivity contribution in [2.24, 2.45) is 0 Å². The van der Waals surface area contributed by atoms with E-state index in [0.29, 0.717) is 12.2 Å². The predicted octanol–water partition coefficient (Wildman–Crippen LogP) is 2.37. The molecule has 1 fully saturated rings. The number of esters is 1. The quantitative estimate of drug-likeness (QED) is 0.716. The van der Waals surface area contributed by atoms with E-state index in [4.69, 9.17) is 14.7 Å². The highest BCUT2D eigenvalue weighted by atomic mass is 32.2. The number of hydrogen-bond acceptors (Lipinski definition) is 6. The fraction of sp³-hybridized carbons (Fsp3) is 0.300. The van der Waals surface area contributed by atoms with Crippen LogP contribution in [0.4, 0.5) is 0 Å². The maximum absolute atomic E-state index is 12.3. The lowest BCUT2D eigenvalue weighted by atomic mass is 10.1. The summed E-state index contributed by atoms with van der Waals surface area (Å²) in [6, 6.07) is 14.3. The van der Waals surface area contributed by atoms with Crippen molar-refractivity contribution in [2.75, 3.05) is 13.2 Å². The summed E-state index contributed by atoms with van der Waals surface area (Å²) in [5, 5.41) is 8.77. The van der Waals surface area contributed by atoms with Gasteiger partial charge in [-0.15, -0.1) is 0 Å². The molecule has 0 bridgehead atoms. The Morgan fingerprint density at radius 1 is 1.18 bits per heavy atom. The number of hydrogen-bond donors (Lipinski definition) is 1. The zero-order valence-electron chi connectivity index (χ0n) is 15.1. The molecule has 0 spiro atoms. The largest absolute Gasteiger partial charge is 0.457 e. The Bertz CT molecular complexity index is 957. The third-order valence-corrected chi connectivity index (χ3v) is 5.82. The summed E-state index contributed by atoms with van der Waals surface area (Å²) in [5.41, 5.74) is 1.54. The van der Waals surface area contributed by atoms with Crippen molar-refractivity contribution in [2.45, 2.75) is 30.4 Å². The molecule has 3 rings (SSSR count). The summed E-state index contributed by atoms with van der Waals surface area (Å²) in [6.45, 7) is 0.954. The maximum Gasteiger partial charge on any atom is 0.338 e. The molecule has 1 aliphatic heterocycles. The summed E-state index contributed by atoms with van der Waals surface area (Å²) in [7, 11) is -3.66. The molecule has 28 heavy (non-hydrogen) atoms. The Labute approximate surface area is 163 Å². The zero-order chi connectivity index (χ0) is 20.0. The first-order chi connectivity index (χ1) is 13.5. The highest BCUT2D eigenvalue weighted by molar-refractivity contribution is 7.89. The van der Waals surface area contributed by atoms with E-state index in [0.717, 1.165) is 18.4 Å². The van der Waals surface area contributed by atoms with Gasteiger partial charge in [0.15, 0.2) is 0 Å². The van der Waals surface area contributed by atoms with Crippen LogP contribution in [0.25, 0.3) is 0 Å². The lowest BCUT2D eigenvalue weighted by Crippen LogP contribution is -2.31. The first kappa shape index (κ1) is 20.0. The summed E-state index contributed by atoms with van der Waals surface area (Å²) >= 11 is 0. The highest BCUT2D eigenvalue weighted by Crippen LogP contribution is 2.15. The Morgan fingerprint density at radius 3 is 2.50 bits per heavy atom. The molecule has 8 heteroatoms. The second-order valence-electron chi connectivity index (χ2n) is 6.40. The molecule has 0 radical (unpaired) electrons. The van der Waals surface area contributed by atoms with E-state index in [-0.39, 0.29) is 29.7 Å². The average molecular weight is 400 g/mol. The highest BCUT2D eigenvalue weighted by Gasteiger charge is 2.20. The maximum atomic E-state index is 12.3. The van der Waals surface area contributed by atoms with Gasteiger partial charge in [-0.1, -0.05) is 12.1 Å². The number of nitriles is 1. The van der Waals surface area contributed by atoms with Crippen molar-refractivity contribution in [1.29, 1.82) is 5.26 Å². The number of nitrogens with one attached hydrogen (secondary N) is 1. The standard InChI is InChI=1S/C20H20N2O5S/c21-12-15-3-5-16(6-4-15)14-27-20(23)17-7-9-19(10-8-17)28(24,25)22-13-18-2-1-11-26-18/h3-10,18,22H,1-2,11,13-14H2. The van der Waals surface area contributed by atoms with Crippen molar-refractivity contribution in [1.82, 2.24) is 4.72 Å². The molecule has 0 amide bonds. The smallest absolute Gasteiger partial charge is 0.338 e. The molecule has 0 aromatic heterocycles. The third-order valence-electron chi connectivity index (χ3n) is 4.38. The number of rotatable bonds is 7. The zero-order valence-corrected chi connectivity index (χ0v) is 15.9. The minimum Gasteiger partial charge on any atom is -0.457 e. The number of carbonyl (C=O) groups excluding carboxylic acids is 1. The van der Waals surface area contributed by atoms with Crippen molar-refractivity contribution in [3.05, 3.63) is 65.2 Å². The number of nitrogens with zero attached hydrogens (tertiary/aromatic N) is 1. The van der Waals surface area contributed by atoms with Gasteiger partial charge in [-0.05, 0) is 54.8 Å². The van der Waals surface area contributed by atoms with E-state index in [9.17, 15) is 13.2 Å². The molecule has 1 N–H and O–H groups in total. The molecule has 1 heterocycles. The van der Waals surface area contributed by atoms with Crippen LogP contribution in [0.15, 0.2) is 53.4 Å². The van der Waals surface area contributed by atoms with E-state index in [2.05, 4.69) is 4.72 Å². The van der Waals surface area contributed by atoms with E-state index >= 15 is 0 Å². The Balaban J connectivity index is 1.56. The summed E-state index contributed by atoms with van der Waals surface area (Å²) < 4.78 is 37.8. The van der Waals surface area contributed by atoms with E-state index in [1.807, 2.05) is 6.07 Å². The molecule has 146 valence electrons. The van der Waals surface area contributed by atoms with Crippen molar-refractivity contribution < 1.29 is 22.7 Å². The van der Waals surface area contributed by atoms with Gasteiger partial charge in [0.05, 0.1) is 28.2 Å². The summed E-state index contributed by atoms with van der Waals surface area (Å²) in [4.78, 5) is 12.2. The molecule has 0 aliphatic carbocycles. The van der Waals surface area contributed by atoms with Crippen LogP contribution in [0.2, 0.25) is 0 Å². The van der Waals surface area contributed by atoms with Crippen LogP contribution in [0.3, 0.4) is 0 Å². The second kappa shape index (κ2) is 8.97. The second-order valence-corrected chi connectivity index (χ2v) is 8.16. The van der Waals surface area contributed by atoms with Crippen LogP contribution in [-0.4, -0.2) is 33.6 Å². The normalized spacial score (nSPS) is 16.5. The van der Waals surface area contributed by atoms with Gasteiger partial charge < -0.3 is 9.47 Å². The van der Waals surface area contributed by atoms with E-state index in [1.165, 1.54) is 24.3 Å². The summed E-state index contributed by atoms with van der Waals surface area (Å²) in [5.74, 6) is -0.555. The molecule has 0 saturated carbocycles. The lowest BCUT2D eigenvalue weighted by molar-refractivity contribution is 0.0472. The molecule has 1 unspecified atom stereocenters. The fourth-order valence-electron chi connectivity index (χ4n) is 2.77. The number of ether oxygens (including phenoxy) is 2. The van der Waals surface area contributed by atoms with Crippen molar-refractivity contribution in [3.8, 4) is 6.07 Å². The van der Waals surface area contributed by atoms with Gasteiger partial charge >= 0.3 is 5.97 Å². The topological polar surface area (TPSA) is 105 Å². The Hall–Kier alpha value is -2.73. The molecule has 1 saturated heterocycles. The minimum absolute atomic E-state index is 0.0630. The number of carbonyl (C=O) groups is 1. The van der Waals surface area contributed by atoms with Crippen LogP contribution in [0.1, 0.15) is 34.3 Å². The molecule has 1 atom stereocenters. The van der Waals surface area contributed by atoms with Gasteiger partial charge in [-0.3, -0.25) is 0 Å². The van der Waals surface area contributed by atoms with Gasteiger partial charge in [0.1, 0.15) is 6.61 Å². The van der Waals surface area contributed by atoms with Crippen LogP contribution < -0.4 is 4.72 Å². The van der Waals surface area contributed by atoms with Gasteiger partial charge in [0.2, 0.25) is 10.0 Å².